The predicted molar refractivity (Wildman–Crippen MR) is 235 cm³/mol. The van der Waals surface area contributed by atoms with Crippen LogP contribution in [0, 0.1) is 0 Å². The Morgan fingerprint density at radius 2 is 1.64 bits per heavy atom. The van der Waals surface area contributed by atoms with Crippen LogP contribution in [-0.4, -0.2) is 128 Å². The third-order valence-corrected chi connectivity index (χ3v) is 13.7. The minimum atomic E-state index is -2.86. The number of ether oxygens (including phenoxy) is 1. The zero-order valence-corrected chi connectivity index (χ0v) is 36.5. The van der Waals surface area contributed by atoms with E-state index in [4.69, 9.17) is 9.84 Å². The van der Waals surface area contributed by atoms with Crippen molar-refractivity contribution in [2.45, 2.75) is 70.5 Å². The number of carbonyl (C=O) groups excluding carboxylic acids is 6. The molecule has 6 amide bonds. The number of hydrogen-bond donors (Lipinski definition) is 1. The molecule has 10 rings (SSSR count). The number of alkyl halides is 2. The molecule has 0 spiro atoms. The first-order chi connectivity index (χ1) is 31.8. The summed E-state index contributed by atoms with van der Waals surface area (Å²) in [7, 11) is 1.80. The quantitative estimate of drug-likeness (QED) is 0.207. The average Bonchev–Trinajstić information content (AvgIpc) is 4.02. The molecule has 3 fully saturated rings. The van der Waals surface area contributed by atoms with Gasteiger partial charge in [0.2, 0.25) is 23.6 Å². The molecule has 66 heavy (non-hydrogen) atoms. The second-order valence-corrected chi connectivity index (χ2v) is 17.5. The Bertz CT molecular complexity index is 2830. The molecule has 0 aliphatic carbocycles. The highest BCUT2D eigenvalue weighted by molar-refractivity contribution is 6.23. The summed E-state index contributed by atoms with van der Waals surface area (Å²) in [6, 6.07) is 10.6. The molecule has 5 aliphatic heterocycles. The first kappa shape index (κ1) is 42.9. The highest BCUT2D eigenvalue weighted by Crippen LogP contribution is 2.41. The summed E-state index contributed by atoms with van der Waals surface area (Å²) >= 11 is 0. The number of piperidine rings is 1. The van der Waals surface area contributed by atoms with Crippen LogP contribution in [-0.2, 0) is 43.3 Å². The number of halogens is 2. The summed E-state index contributed by atoms with van der Waals surface area (Å²) in [4.78, 5) is 90.2. The van der Waals surface area contributed by atoms with Crippen LogP contribution in [0.2, 0.25) is 0 Å². The van der Waals surface area contributed by atoms with Crippen LogP contribution in [0.4, 0.5) is 26.0 Å². The lowest BCUT2D eigenvalue weighted by molar-refractivity contribution is -0.136. The van der Waals surface area contributed by atoms with Crippen molar-refractivity contribution >= 4 is 58.3 Å². The van der Waals surface area contributed by atoms with Crippen molar-refractivity contribution in [3.63, 3.8) is 0 Å². The van der Waals surface area contributed by atoms with Gasteiger partial charge in [0, 0.05) is 120 Å². The molecule has 3 aromatic heterocycles. The number of nitrogens with zero attached hydrogens (tertiary/aromatic N) is 9. The number of hydrogen-bond acceptors (Lipinski definition) is 11. The second-order valence-electron chi connectivity index (χ2n) is 17.5. The summed E-state index contributed by atoms with van der Waals surface area (Å²) in [5.41, 5.74) is 5.09. The van der Waals surface area contributed by atoms with Gasteiger partial charge in [0.25, 0.3) is 18.2 Å². The first-order valence-corrected chi connectivity index (χ1v) is 22.3. The Hall–Kier alpha value is -7.02. The highest BCUT2D eigenvalue weighted by Gasteiger charge is 2.45. The number of fused-ring (bicyclic) bond motifs is 3. The maximum atomic E-state index is 15.3. The van der Waals surface area contributed by atoms with E-state index in [0.29, 0.717) is 92.9 Å². The van der Waals surface area contributed by atoms with Crippen LogP contribution in [0.15, 0.2) is 61.1 Å². The average molecular weight is 903 g/mol. The molecule has 1 unspecified atom stereocenters. The fourth-order valence-corrected chi connectivity index (χ4v) is 10.0. The molecular formula is C47H48F2N10O7. The standard InChI is InChI=1S/C47H48F2N10O7/c1-27(60)56-13-9-38-37(26-56)44(52-59(38)29-10-19-66-20-11-29)53(2)30-3-5-32(35(22-30)43(48)49)34-24-40-50-12-14-57(40)25-28(34)21-42(62)55-17-15-54(16-18-55)31-4-6-33-36(23-31)47(65)58(46(33)64)39-7-8-41(61)51-45(39)63/h3-6,12,14,22-25,29,39,43H,7-11,13,15-21,26H2,1-2H3,(H,51,61,63). The van der Waals surface area contributed by atoms with Crippen molar-refractivity contribution in [2.24, 2.45) is 0 Å². The van der Waals surface area contributed by atoms with E-state index in [1.165, 1.54) is 6.07 Å². The Kier molecular flexibility index (Phi) is 11.1. The van der Waals surface area contributed by atoms with Gasteiger partial charge in [0.15, 0.2) is 5.82 Å². The molecule has 3 saturated heterocycles. The van der Waals surface area contributed by atoms with Gasteiger partial charge in [0.05, 0.1) is 30.1 Å². The van der Waals surface area contributed by atoms with E-state index >= 15 is 8.78 Å². The van der Waals surface area contributed by atoms with Gasteiger partial charge in [0.1, 0.15) is 11.7 Å². The maximum absolute atomic E-state index is 15.3. The molecule has 19 heteroatoms. The van der Waals surface area contributed by atoms with E-state index in [-0.39, 0.29) is 59.4 Å². The number of carbonyl (C=O) groups is 6. The van der Waals surface area contributed by atoms with Crippen molar-refractivity contribution in [3.05, 3.63) is 94.6 Å². The fourth-order valence-electron chi connectivity index (χ4n) is 10.0. The molecule has 0 saturated carbocycles. The summed E-state index contributed by atoms with van der Waals surface area (Å²) in [5.74, 6) is -1.93. The third-order valence-electron chi connectivity index (χ3n) is 13.7. The smallest absolute Gasteiger partial charge is 0.264 e. The first-order valence-electron chi connectivity index (χ1n) is 22.3. The van der Waals surface area contributed by atoms with Crippen LogP contribution in [0.3, 0.4) is 0 Å². The van der Waals surface area contributed by atoms with Crippen molar-refractivity contribution in [3.8, 4) is 11.1 Å². The number of imidazole rings is 1. The normalized spacial score (nSPS) is 19.2. The van der Waals surface area contributed by atoms with Crippen LogP contribution < -0.4 is 15.1 Å². The number of amides is 6. The molecule has 5 aromatic rings. The highest BCUT2D eigenvalue weighted by atomic mass is 19.3. The third kappa shape index (κ3) is 7.63. The summed E-state index contributed by atoms with van der Waals surface area (Å²) < 4.78 is 40.1. The lowest BCUT2D eigenvalue weighted by Gasteiger charge is -2.36. The molecular weight excluding hydrogens is 855 g/mol. The number of piperazine rings is 1. The number of anilines is 3. The van der Waals surface area contributed by atoms with E-state index < -0.39 is 36.1 Å². The van der Waals surface area contributed by atoms with Crippen LogP contribution in [0.5, 0.6) is 0 Å². The Morgan fingerprint density at radius 3 is 2.38 bits per heavy atom. The molecule has 1 N–H and O–H groups in total. The predicted octanol–water partition coefficient (Wildman–Crippen LogP) is 4.45. The Balaban J connectivity index is 0.880. The zero-order chi connectivity index (χ0) is 46.0. The van der Waals surface area contributed by atoms with Gasteiger partial charge in [-0.05, 0) is 72.4 Å². The molecule has 0 bridgehead atoms. The number of pyridine rings is 1. The molecule has 17 nitrogen and oxygen atoms in total. The molecule has 8 heterocycles. The topological polar surface area (TPSA) is 175 Å². The van der Waals surface area contributed by atoms with Gasteiger partial charge in [-0.2, -0.15) is 5.10 Å². The van der Waals surface area contributed by atoms with Gasteiger partial charge < -0.3 is 28.7 Å². The zero-order valence-electron chi connectivity index (χ0n) is 36.5. The lowest BCUT2D eigenvalue weighted by atomic mass is 9.94. The van der Waals surface area contributed by atoms with Crippen LogP contribution >= 0.6 is 0 Å². The lowest BCUT2D eigenvalue weighted by Crippen LogP contribution is -2.54. The van der Waals surface area contributed by atoms with E-state index in [0.717, 1.165) is 29.0 Å². The van der Waals surface area contributed by atoms with Crippen molar-refractivity contribution in [2.75, 3.05) is 62.8 Å². The SMILES string of the molecule is CC(=O)N1CCc2c(c(N(C)c3ccc(-c4cc5nccn5cc4CC(=O)N4CCN(c5ccc6c(c5)C(=O)N(C5CCC(=O)NC5=O)C6=O)CC4)c(C(F)F)c3)nn2C2CCOCC2)C1. The van der Waals surface area contributed by atoms with Gasteiger partial charge in [-0.25, -0.2) is 13.8 Å². The number of aromatic nitrogens is 4. The van der Waals surface area contributed by atoms with Crippen LogP contribution in [0.25, 0.3) is 16.8 Å². The maximum Gasteiger partial charge on any atom is 0.264 e. The molecule has 2 aromatic carbocycles. The molecule has 0 radical (unpaired) electrons. The van der Waals surface area contributed by atoms with Gasteiger partial charge in [-0.15, -0.1) is 0 Å². The van der Waals surface area contributed by atoms with Gasteiger partial charge in [-0.3, -0.25) is 43.7 Å². The molecule has 342 valence electrons. The van der Waals surface area contributed by atoms with Gasteiger partial charge >= 0.3 is 0 Å². The minimum absolute atomic E-state index is 0.0247. The van der Waals surface area contributed by atoms with E-state index in [9.17, 15) is 28.8 Å². The monoisotopic (exact) mass is 902 g/mol. The van der Waals surface area contributed by atoms with E-state index in [1.807, 2.05) is 9.80 Å². The Morgan fingerprint density at radius 1 is 0.879 bits per heavy atom. The number of imide groups is 2. The summed E-state index contributed by atoms with van der Waals surface area (Å²) in [5, 5.41) is 7.29. The van der Waals surface area contributed by atoms with Gasteiger partial charge in [-0.1, -0.05) is 6.07 Å². The van der Waals surface area contributed by atoms with Crippen molar-refractivity contribution in [1.29, 1.82) is 0 Å². The number of nitrogens with one attached hydrogen (secondary N) is 1. The molecule has 5 aliphatic rings. The van der Waals surface area contributed by atoms with E-state index in [2.05, 4.69) is 15.0 Å². The second kappa shape index (κ2) is 17.1. The largest absolute Gasteiger partial charge is 0.381 e. The summed E-state index contributed by atoms with van der Waals surface area (Å²) in [6.45, 7) is 5.27. The van der Waals surface area contributed by atoms with Crippen molar-refractivity contribution in [1.82, 2.24) is 39.2 Å². The minimum Gasteiger partial charge on any atom is -0.381 e. The Labute approximate surface area is 377 Å². The number of rotatable bonds is 9. The number of benzene rings is 2. The van der Waals surface area contributed by atoms with Crippen molar-refractivity contribution < 1.29 is 42.3 Å². The molecule has 1 atom stereocenters. The fraction of sp³-hybridized carbons (Fsp3) is 0.404. The van der Waals surface area contributed by atoms with E-state index in [1.54, 1.807) is 83.2 Å². The summed E-state index contributed by atoms with van der Waals surface area (Å²) in [6.07, 6.45) is 4.51. The van der Waals surface area contributed by atoms with Crippen LogP contribution in [0.1, 0.15) is 88.2 Å².